The average molecular weight is 425 g/mol. The minimum Gasteiger partial charge on any atom is -0.349 e. The number of carbonyl (C=O) groups is 2. The Balaban J connectivity index is 1.33. The van der Waals surface area contributed by atoms with Crippen molar-refractivity contribution in [3.63, 3.8) is 0 Å². The van der Waals surface area contributed by atoms with Gasteiger partial charge < -0.3 is 10.2 Å². The summed E-state index contributed by atoms with van der Waals surface area (Å²) in [6, 6.07) is 11.6. The summed E-state index contributed by atoms with van der Waals surface area (Å²) in [5, 5.41) is 3.12. The smallest absolute Gasteiger partial charge is 0.263 e. The number of likely N-dealkylation sites (tertiary alicyclic amines) is 1. The Hall–Kier alpha value is -2.14. The van der Waals surface area contributed by atoms with E-state index in [2.05, 4.69) is 32.2 Å². The number of rotatable bonds is 3. The van der Waals surface area contributed by atoms with Gasteiger partial charge in [-0.15, -0.1) is 11.3 Å². The van der Waals surface area contributed by atoms with E-state index in [9.17, 15) is 9.59 Å². The van der Waals surface area contributed by atoms with Crippen LogP contribution in [0.25, 0.3) is 0 Å². The molecule has 1 fully saturated rings. The van der Waals surface area contributed by atoms with Gasteiger partial charge in [0.1, 0.15) is 0 Å². The number of benzene rings is 1. The second kappa shape index (κ2) is 8.54. The van der Waals surface area contributed by atoms with Gasteiger partial charge in [0.05, 0.1) is 4.88 Å². The van der Waals surface area contributed by atoms with Gasteiger partial charge in [-0.2, -0.15) is 0 Å². The summed E-state index contributed by atoms with van der Waals surface area (Å²) < 4.78 is 0. The third-order valence-electron chi connectivity index (χ3n) is 6.67. The molecule has 1 saturated heterocycles. The van der Waals surface area contributed by atoms with Crippen LogP contribution < -0.4 is 5.32 Å². The van der Waals surface area contributed by atoms with Crippen molar-refractivity contribution in [2.45, 2.75) is 58.9 Å². The second-order valence-corrected chi connectivity index (χ2v) is 10.9. The van der Waals surface area contributed by atoms with Gasteiger partial charge in [0, 0.05) is 29.6 Å². The van der Waals surface area contributed by atoms with E-state index in [1.807, 2.05) is 35.2 Å². The predicted octanol–water partition coefficient (Wildman–Crippen LogP) is 4.93. The first-order valence-corrected chi connectivity index (χ1v) is 11.9. The van der Waals surface area contributed by atoms with Crippen LogP contribution in [-0.4, -0.2) is 35.8 Å². The van der Waals surface area contributed by atoms with Gasteiger partial charge in [0.25, 0.3) is 11.8 Å². The van der Waals surface area contributed by atoms with Crippen LogP contribution in [0.3, 0.4) is 0 Å². The quantitative estimate of drug-likeness (QED) is 0.759. The van der Waals surface area contributed by atoms with Gasteiger partial charge in [-0.1, -0.05) is 39.0 Å². The number of fused-ring (bicyclic) bond motifs is 1. The van der Waals surface area contributed by atoms with E-state index in [1.54, 1.807) is 11.3 Å². The Bertz CT molecular complexity index is 905. The molecule has 0 spiro atoms. The van der Waals surface area contributed by atoms with Gasteiger partial charge in [0.2, 0.25) is 0 Å². The molecule has 1 aliphatic carbocycles. The molecule has 160 valence electrons. The van der Waals surface area contributed by atoms with Crippen molar-refractivity contribution in [3.05, 3.63) is 57.3 Å². The fourth-order valence-electron chi connectivity index (χ4n) is 4.61. The normalized spacial score (nSPS) is 20.0. The minimum absolute atomic E-state index is 0.0280. The molecule has 0 saturated carbocycles. The molecule has 0 radical (unpaired) electrons. The van der Waals surface area contributed by atoms with Crippen LogP contribution in [0, 0.1) is 11.3 Å². The standard InChI is InChI=1S/C25H32N2O2S/c1-25(2,3)19-9-10-21-18(15-19)16-22(30-21)24(29)27-13-11-20(12-14-27)26-23(28)17-7-5-4-6-8-17/h4-8,16,19-20H,9-15H2,1-3H3,(H,26,28). The molecule has 2 aromatic rings. The van der Waals surface area contributed by atoms with Gasteiger partial charge >= 0.3 is 0 Å². The molecule has 4 nitrogen and oxygen atoms in total. The highest BCUT2D eigenvalue weighted by Crippen LogP contribution is 2.40. The van der Waals surface area contributed by atoms with E-state index in [4.69, 9.17) is 0 Å². The van der Waals surface area contributed by atoms with E-state index in [-0.39, 0.29) is 17.9 Å². The maximum absolute atomic E-state index is 13.1. The van der Waals surface area contributed by atoms with Crippen LogP contribution in [0.2, 0.25) is 0 Å². The molecular weight excluding hydrogens is 392 g/mol. The number of nitrogens with zero attached hydrogens (tertiary/aromatic N) is 1. The first-order chi connectivity index (χ1) is 14.3. The highest BCUT2D eigenvalue weighted by Gasteiger charge is 2.32. The number of amides is 2. The molecule has 1 atom stereocenters. The average Bonchev–Trinajstić information content (AvgIpc) is 3.17. The summed E-state index contributed by atoms with van der Waals surface area (Å²) in [6.45, 7) is 8.36. The number of hydrogen-bond donors (Lipinski definition) is 1. The minimum atomic E-state index is -0.0280. The number of thiophene rings is 1. The SMILES string of the molecule is CC(C)(C)C1CCc2sc(C(=O)N3CCC(NC(=O)c4ccccc4)CC3)cc2C1. The summed E-state index contributed by atoms with van der Waals surface area (Å²) in [5.74, 6) is 0.820. The third-order valence-corrected chi connectivity index (χ3v) is 7.90. The van der Waals surface area contributed by atoms with Gasteiger partial charge in [-0.25, -0.2) is 0 Å². The zero-order valence-electron chi connectivity index (χ0n) is 18.2. The number of aryl methyl sites for hydroxylation is 1. The Labute approximate surface area is 183 Å². The van der Waals surface area contributed by atoms with Crippen molar-refractivity contribution in [2.24, 2.45) is 11.3 Å². The van der Waals surface area contributed by atoms with Crippen LogP contribution >= 0.6 is 11.3 Å². The van der Waals surface area contributed by atoms with Crippen molar-refractivity contribution >= 4 is 23.2 Å². The van der Waals surface area contributed by atoms with Gasteiger partial charge in [-0.3, -0.25) is 9.59 Å². The molecule has 1 aromatic heterocycles. The molecular formula is C25H32N2O2S. The van der Waals surface area contributed by atoms with E-state index in [1.165, 1.54) is 16.9 Å². The summed E-state index contributed by atoms with van der Waals surface area (Å²) in [4.78, 5) is 29.7. The number of carbonyl (C=O) groups excluding carboxylic acids is 2. The maximum atomic E-state index is 13.1. The van der Waals surface area contributed by atoms with Crippen molar-refractivity contribution in [2.75, 3.05) is 13.1 Å². The van der Waals surface area contributed by atoms with E-state index >= 15 is 0 Å². The second-order valence-electron chi connectivity index (χ2n) is 9.77. The van der Waals surface area contributed by atoms with Gasteiger partial charge in [-0.05, 0) is 67.2 Å². The lowest BCUT2D eigenvalue weighted by Gasteiger charge is -2.33. The molecule has 2 heterocycles. The molecule has 2 amide bonds. The van der Waals surface area contributed by atoms with E-state index in [0.717, 1.165) is 30.6 Å². The fourth-order valence-corrected chi connectivity index (χ4v) is 5.79. The Morgan fingerprint density at radius 1 is 1.07 bits per heavy atom. The molecule has 2 aliphatic rings. The summed E-state index contributed by atoms with van der Waals surface area (Å²) in [6.07, 6.45) is 5.03. The largest absolute Gasteiger partial charge is 0.349 e. The zero-order valence-corrected chi connectivity index (χ0v) is 19.1. The molecule has 5 heteroatoms. The van der Waals surface area contributed by atoms with Crippen molar-refractivity contribution in [1.82, 2.24) is 10.2 Å². The summed E-state index contributed by atoms with van der Waals surface area (Å²) >= 11 is 1.70. The number of hydrogen-bond acceptors (Lipinski definition) is 3. The van der Waals surface area contributed by atoms with Crippen molar-refractivity contribution < 1.29 is 9.59 Å². The lowest BCUT2D eigenvalue weighted by atomic mass is 9.72. The monoisotopic (exact) mass is 424 g/mol. The Kier molecular flexibility index (Phi) is 6.01. The summed E-state index contributed by atoms with van der Waals surface area (Å²) in [5.41, 5.74) is 2.39. The Morgan fingerprint density at radius 3 is 2.43 bits per heavy atom. The zero-order chi connectivity index (χ0) is 21.3. The molecule has 0 bridgehead atoms. The summed E-state index contributed by atoms with van der Waals surface area (Å²) in [7, 11) is 0. The maximum Gasteiger partial charge on any atom is 0.263 e. The lowest BCUT2D eigenvalue weighted by molar-refractivity contribution is 0.0702. The fraction of sp³-hybridized carbons (Fsp3) is 0.520. The first kappa shape index (κ1) is 21.1. The van der Waals surface area contributed by atoms with Crippen LogP contribution in [0.4, 0.5) is 0 Å². The topological polar surface area (TPSA) is 49.4 Å². The highest BCUT2D eigenvalue weighted by atomic mass is 32.1. The van der Waals surface area contributed by atoms with Crippen molar-refractivity contribution in [1.29, 1.82) is 0 Å². The van der Waals surface area contributed by atoms with Crippen LogP contribution in [-0.2, 0) is 12.8 Å². The first-order valence-electron chi connectivity index (χ1n) is 11.1. The molecule has 1 unspecified atom stereocenters. The molecule has 1 N–H and O–H groups in total. The third kappa shape index (κ3) is 4.61. The lowest BCUT2D eigenvalue weighted by Crippen LogP contribution is -2.46. The van der Waals surface area contributed by atoms with Crippen molar-refractivity contribution in [3.8, 4) is 0 Å². The molecule has 30 heavy (non-hydrogen) atoms. The molecule has 1 aliphatic heterocycles. The number of piperidine rings is 1. The number of nitrogens with one attached hydrogen (secondary N) is 1. The van der Waals surface area contributed by atoms with E-state index < -0.39 is 0 Å². The van der Waals surface area contributed by atoms with Crippen LogP contribution in [0.5, 0.6) is 0 Å². The van der Waals surface area contributed by atoms with E-state index in [0.29, 0.717) is 30.0 Å². The van der Waals surface area contributed by atoms with Crippen LogP contribution in [0.1, 0.15) is 70.5 Å². The van der Waals surface area contributed by atoms with Crippen LogP contribution in [0.15, 0.2) is 36.4 Å². The molecule has 1 aromatic carbocycles. The Morgan fingerprint density at radius 2 is 1.77 bits per heavy atom. The highest BCUT2D eigenvalue weighted by molar-refractivity contribution is 7.14. The van der Waals surface area contributed by atoms with Gasteiger partial charge in [0.15, 0.2) is 0 Å². The predicted molar refractivity (Wildman–Crippen MR) is 122 cm³/mol. The molecule has 4 rings (SSSR count).